The largest absolute Gasteiger partial charge is 0.332 e. The molecule has 74 valence electrons. The van der Waals surface area contributed by atoms with Crippen LogP contribution in [-0.2, 0) is 23.9 Å². The highest BCUT2D eigenvalue weighted by Gasteiger charge is 2.08. The average molecular weight is 201 g/mol. The van der Waals surface area contributed by atoms with Crippen molar-refractivity contribution in [1.82, 2.24) is 9.55 Å². The summed E-state index contributed by atoms with van der Waals surface area (Å²) in [4.78, 5) is 3.99. The number of hydrogen-bond donors (Lipinski definition) is 1. The van der Waals surface area contributed by atoms with Gasteiger partial charge in [0.25, 0.3) is 0 Å². The van der Waals surface area contributed by atoms with Crippen LogP contribution in [0.15, 0.2) is 12.5 Å². The van der Waals surface area contributed by atoms with Gasteiger partial charge in [-0.2, -0.15) is 0 Å². The van der Waals surface area contributed by atoms with Crippen LogP contribution >= 0.6 is 0 Å². The van der Waals surface area contributed by atoms with E-state index in [9.17, 15) is 4.21 Å². The topological polar surface area (TPSA) is 60.9 Å². The summed E-state index contributed by atoms with van der Waals surface area (Å²) in [5, 5.41) is 0.138. The Morgan fingerprint density at radius 1 is 1.77 bits per heavy atom. The van der Waals surface area contributed by atoms with Crippen molar-refractivity contribution in [2.24, 2.45) is 5.73 Å². The molecule has 0 aromatic carbocycles. The molecule has 13 heavy (non-hydrogen) atoms. The van der Waals surface area contributed by atoms with E-state index in [1.807, 2.05) is 11.5 Å². The van der Waals surface area contributed by atoms with Gasteiger partial charge in [-0.1, -0.05) is 0 Å². The van der Waals surface area contributed by atoms with Gasteiger partial charge in [0.15, 0.2) is 0 Å². The lowest BCUT2D eigenvalue weighted by Crippen LogP contribution is -2.19. The Hall–Kier alpha value is -0.680. The Balaban J connectivity index is 2.68. The molecule has 0 aliphatic heterocycles. The predicted molar refractivity (Wildman–Crippen MR) is 53.6 cm³/mol. The number of imidazole rings is 1. The Kier molecular flexibility index (Phi) is 3.62. The van der Waals surface area contributed by atoms with E-state index in [1.165, 1.54) is 0 Å². The monoisotopic (exact) mass is 201 g/mol. The zero-order valence-electron chi connectivity index (χ0n) is 7.93. The van der Waals surface area contributed by atoms with E-state index in [2.05, 4.69) is 4.98 Å². The summed E-state index contributed by atoms with van der Waals surface area (Å²) in [5.41, 5.74) is 6.49. The zero-order chi connectivity index (χ0) is 9.84. The lowest BCUT2D eigenvalue weighted by Gasteiger charge is -2.11. The molecule has 0 aliphatic rings. The maximum atomic E-state index is 11.1. The standard InChI is InChI=1S/C8H15N3OS/c1-7(13(2)12)5-11-6-10-4-8(11)3-9/h4,6-7H,3,5,9H2,1-2H3. The van der Waals surface area contributed by atoms with Gasteiger partial charge in [0.1, 0.15) is 0 Å². The van der Waals surface area contributed by atoms with E-state index in [4.69, 9.17) is 5.73 Å². The molecule has 4 nitrogen and oxygen atoms in total. The summed E-state index contributed by atoms with van der Waals surface area (Å²) in [6.07, 6.45) is 5.18. The van der Waals surface area contributed by atoms with E-state index in [1.54, 1.807) is 18.8 Å². The quantitative estimate of drug-likeness (QED) is 0.752. The first-order chi connectivity index (χ1) is 6.15. The summed E-state index contributed by atoms with van der Waals surface area (Å²) in [6.45, 7) is 3.15. The van der Waals surface area contributed by atoms with Crippen LogP contribution in [0.3, 0.4) is 0 Å². The fraction of sp³-hybridized carbons (Fsp3) is 0.625. The fourth-order valence-electron chi connectivity index (χ4n) is 1.06. The Bertz CT molecular complexity index is 297. The van der Waals surface area contributed by atoms with E-state index in [-0.39, 0.29) is 5.25 Å². The zero-order valence-corrected chi connectivity index (χ0v) is 8.75. The van der Waals surface area contributed by atoms with Crippen molar-refractivity contribution in [3.8, 4) is 0 Å². The van der Waals surface area contributed by atoms with Crippen molar-refractivity contribution < 1.29 is 4.21 Å². The van der Waals surface area contributed by atoms with Gasteiger partial charge in [0, 0.05) is 41.6 Å². The van der Waals surface area contributed by atoms with E-state index in [0.717, 1.165) is 12.2 Å². The number of rotatable bonds is 4. The van der Waals surface area contributed by atoms with Crippen molar-refractivity contribution in [1.29, 1.82) is 0 Å². The minimum atomic E-state index is -0.795. The van der Waals surface area contributed by atoms with Gasteiger partial charge in [-0.05, 0) is 6.92 Å². The molecule has 2 N–H and O–H groups in total. The molecule has 0 amide bonds. The second-order valence-electron chi connectivity index (χ2n) is 3.05. The first-order valence-electron chi connectivity index (χ1n) is 4.16. The maximum absolute atomic E-state index is 11.1. The van der Waals surface area contributed by atoms with Crippen LogP contribution in [0.1, 0.15) is 12.6 Å². The first kappa shape index (κ1) is 10.4. The maximum Gasteiger partial charge on any atom is 0.0948 e. The second kappa shape index (κ2) is 4.53. The Morgan fingerprint density at radius 3 is 3.00 bits per heavy atom. The summed E-state index contributed by atoms with van der Waals surface area (Å²) >= 11 is 0. The molecule has 1 heterocycles. The molecule has 0 radical (unpaired) electrons. The SMILES string of the molecule is CC(Cn1cncc1CN)S(C)=O. The van der Waals surface area contributed by atoms with Crippen LogP contribution < -0.4 is 5.73 Å². The van der Waals surface area contributed by atoms with Crippen LogP contribution in [0.25, 0.3) is 0 Å². The number of nitrogens with two attached hydrogens (primary N) is 1. The van der Waals surface area contributed by atoms with Crippen molar-refractivity contribution in [2.75, 3.05) is 6.26 Å². The second-order valence-corrected chi connectivity index (χ2v) is 4.85. The number of hydrogen-bond acceptors (Lipinski definition) is 3. The summed E-state index contributed by atoms with van der Waals surface area (Å²) in [7, 11) is -0.795. The van der Waals surface area contributed by atoms with Crippen molar-refractivity contribution >= 4 is 10.8 Å². The molecule has 1 rings (SSSR count). The molecule has 0 aliphatic carbocycles. The molecule has 0 bridgehead atoms. The van der Waals surface area contributed by atoms with E-state index < -0.39 is 10.8 Å². The molecular weight excluding hydrogens is 186 g/mol. The average Bonchev–Trinajstić information content (AvgIpc) is 2.51. The van der Waals surface area contributed by atoms with Gasteiger partial charge >= 0.3 is 0 Å². The van der Waals surface area contributed by atoms with Gasteiger partial charge in [-0.3, -0.25) is 4.21 Å². The van der Waals surface area contributed by atoms with Gasteiger partial charge in [0.2, 0.25) is 0 Å². The van der Waals surface area contributed by atoms with Crippen LogP contribution in [0.4, 0.5) is 0 Å². The predicted octanol–water partition coefficient (Wildman–Crippen LogP) is 0.109. The fourth-order valence-corrected chi connectivity index (χ4v) is 1.44. The number of nitrogens with zero attached hydrogens (tertiary/aromatic N) is 2. The lowest BCUT2D eigenvalue weighted by molar-refractivity contribution is 0.627. The van der Waals surface area contributed by atoms with Gasteiger partial charge in [0.05, 0.1) is 12.0 Å². The van der Waals surface area contributed by atoms with E-state index >= 15 is 0 Å². The van der Waals surface area contributed by atoms with Crippen LogP contribution in [-0.4, -0.2) is 25.3 Å². The highest BCUT2D eigenvalue weighted by Crippen LogP contribution is 2.03. The van der Waals surface area contributed by atoms with Crippen LogP contribution in [0.2, 0.25) is 0 Å². The Morgan fingerprint density at radius 2 is 2.46 bits per heavy atom. The van der Waals surface area contributed by atoms with Crippen molar-refractivity contribution in [3.05, 3.63) is 18.2 Å². The van der Waals surface area contributed by atoms with E-state index in [0.29, 0.717) is 6.54 Å². The van der Waals surface area contributed by atoms with Gasteiger partial charge in [-0.25, -0.2) is 4.98 Å². The molecule has 5 heteroatoms. The molecule has 0 saturated carbocycles. The van der Waals surface area contributed by atoms with Crippen molar-refractivity contribution in [2.45, 2.75) is 25.3 Å². The minimum Gasteiger partial charge on any atom is -0.332 e. The molecule has 1 aromatic rings. The first-order valence-corrected chi connectivity index (χ1v) is 5.78. The Labute approximate surface area is 80.6 Å². The number of aromatic nitrogens is 2. The lowest BCUT2D eigenvalue weighted by atomic mass is 10.4. The highest BCUT2D eigenvalue weighted by atomic mass is 32.2. The molecule has 0 fully saturated rings. The highest BCUT2D eigenvalue weighted by molar-refractivity contribution is 7.84. The molecule has 2 unspecified atom stereocenters. The third-order valence-electron chi connectivity index (χ3n) is 2.03. The van der Waals surface area contributed by atoms with Crippen LogP contribution in [0.5, 0.6) is 0 Å². The third-order valence-corrected chi connectivity index (χ3v) is 3.31. The molecule has 1 aromatic heterocycles. The smallest absolute Gasteiger partial charge is 0.0948 e. The van der Waals surface area contributed by atoms with Crippen molar-refractivity contribution in [3.63, 3.8) is 0 Å². The molecule has 0 spiro atoms. The third kappa shape index (κ3) is 2.63. The van der Waals surface area contributed by atoms with Gasteiger partial charge < -0.3 is 10.3 Å². The minimum absolute atomic E-state index is 0.138. The van der Waals surface area contributed by atoms with Gasteiger partial charge in [-0.15, -0.1) is 0 Å². The molecule has 0 saturated heterocycles. The molecule has 2 atom stereocenters. The normalized spacial score (nSPS) is 15.6. The molecular formula is C8H15N3OS. The van der Waals surface area contributed by atoms with Crippen LogP contribution in [0, 0.1) is 0 Å². The summed E-state index contributed by atoms with van der Waals surface area (Å²) in [5.74, 6) is 0. The summed E-state index contributed by atoms with van der Waals surface area (Å²) in [6, 6.07) is 0. The summed E-state index contributed by atoms with van der Waals surface area (Å²) < 4.78 is 13.1.